The Morgan fingerprint density at radius 3 is 2.81 bits per heavy atom. The Morgan fingerprint density at radius 1 is 1.44 bits per heavy atom. The molecule has 1 aromatic carbocycles. The van der Waals surface area contributed by atoms with Crippen LogP contribution in [0, 0.1) is 5.92 Å². The fourth-order valence-corrected chi connectivity index (χ4v) is 2.28. The molecule has 88 valence electrons. The molecule has 1 aliphatic rings. The van der Waals surface area contributed by atoms with Gasteiger partial charge in [-0.05, 0) is 43.2 Å². The third-order valence-corrected chi connectivity index (χ3v) is 3.30. The number of benzene rings is 1. The van der Waals surface area contributed by atoms with Crippen LogP contribution in [0.2, 0.25) is 0 Å². The van der Waals surface area contributed by atoms with E-state index in [0.29, 0.717) is 17.9 Å². The van der Waals surface area contributed by atoms with Crippen molar-refractivity contribution in [3.63, 3.8) is 0 Å². The second-order valence-electron chi connectivity index (χ2n) is 4.75. The van der Waals surface area contributed by atoms with Crippen LogP contribution in [0.3, 0.4) is 0 Å². The van der Waals surface area contributed by atoms with Gasteiger partial charge in [0.1, 0.15) is 5.75 Å². The molecule has 0 aromatic heterocycles. The molecule has 0 saturated heterocycles. The van der Waals surface area contributed by atoms with Gasteiger partial charge in [-0.3, -0.25) is 0 Å². The van der Waals surface area contributed by atoms with E-state index >= 15 is 0 Å². The van der Waals surface area contributed by atoms with Crippen molar-refractivity contribution in [1.29, 1.82) is 0 Å². The molecule has 1 aromatic rings. The SMILES string of the molecule is CCCOc1ccccc1C1CC1C(C)N. The Labute approximate surface area is 97.8 Å². The third kappa shape index (κ3) is 2.38. The summed E-state index contributed by atoms with van der Waals surface area (Å²) in [5, 5.41) is 0. The first-order chi connectivity index (χ1) is 7.74. The summed E-state index contributed by atoms with van der Waals surface area (Å²) >= 11 is 0. The Balaban J connectivity index is 2.09. The number of hydrogen-bond acceptors (Lipinski definition) is 2. The van der Waals surface area contributed by atoms with E-state index in [1.54, 1.807) is 0 Å². The fourth-order valence-electron chi connectivity index (χ4n) is 2.28. The highest BCUT2D eigenvalue weighted by Gasteiger charge is 2.42. The zero-order valence-electron chi connectivity index (χ0n) is 10.1. The van der Waals surface area contributed by atoms with Gasteiger partial charge >= 0.3 is 0 Å². The van der Waals surface area contributed by atoms with Gasteiger partial charge in [0.15, 0.2) is 0 Å². The smallest absolute Gasteiger partial charge is 0.122 e. The lowest BCUT2D eigenvalue weighted by atomic mass is 10.1. The molecule has 1 fully saturated rings. The molecular weight excluding hydrogens is 198 g/mol. The molecule has 2 rings (SSSR count). The molecule has 1 aliphatic carbocycles. The van der Waals surface area contributed by atoms with Crippen molar-refractivity contribution in [2.24, 2.45) is 11.7 Å². The fraction of sp³-hybridized carbons (Fsp3) is 0.571. The average molecular weight is 219 g/mol. The molecule has 0 spiro atoms. The van der Waals surface area contributed by atoms with Crippen LogP contribution in [0.4, 0.5) is 0 Å². The Morgan fingerprint density at radius 2 is 2.19 bits per heavy atom. The second kappa shape index (κ2) is 4.88. The summed E-state index contributed by atoms with van der Waals surface area (Å²) < 4.78 is 5.77. The van der Waals surface area contributed by atoms with Crippen LogP contribution in [0.1, 0.15) is 38.2 Å². The molecule has 0 bridgehead atoms. The van der Waals surface area contributed by atoms with Crippen LogP contribution >= 0.6 is 0 Å². The van der Waals surface area contributed by atoms with Crippen LogP contribution in [0.25, 0.3) is 0 Å². The number of nitrogens with two attached hydrogens (primary N) is 1. The summed E-state index contributed by atoms with van der Waals surface area (Å²) in [7, 11) is 0. The van der Waals surface area contributed by atoms with E-state index in [1.807, 2.05) is 6.07 Å². The van der Waals surface area contributed by atoms with E-state index < -0.39 is 0 Å². The molecule has 1 saturated carbocycles. The third-order valence-electron chi connectivity index (χ3n) is 3.30. The topological polar surface area (TPSA) is 35.2 Å². The lowest BCUT2D eigenvalue weighted by molar-refractivity contribution is 0.313. The highest BCUT2D eigenvalue weighted by molar-refractivity contribution is 5.40. The van der Waals surface area contributed by atoms with Gasteiger partial charge in [-0.1, -0.05) is 25.1 Å². The average Bonchev–Trinajstić information content (AvgIpc) is 3.06. The molecule has 2 N–H and O–H groups in total. The highest BCUT2D eigenvalue weighted by Crippen LogP contribution is 2.51. The number of hydrogen-bond donors (Lipinski definition) is 1. The number of rotatable bonds is 5. The van der Waals surface area contributed by atoms with E-state index in [2.05, 4.69) is 32.0 Å². The maximum atomic E-state index is 5.93. The number of ether oxygens (including phenoxy) is 1. The highest BCUT2D eigenvalue weighted by atomic mass is 16.5. The van der Waals surface area contributed by atoms with Gasteiger partial charge in [0.2, 0.25) is 0 Å². The second-order valence-corrected chi connectivity index (χ2v) is 4.75. The molecule has 2 heteroatoms. The zero-order valence-corrected chi connectivity index (χ0v) is 10.1. The van der Waals surface area contributed by atoms with Gasteiger partial charge in [0.05, 0.1) is 6.61 Å². The largest absolute Gasteiger partial charge is 0.493 e. The molecule has 16 heavy (non-hydrogen) atoms. The van der Waals surface area contributed by atoms with Gasteiger partial charge < -0.3 is 10.5 Å². The molecule has 0 radical (unpaired) electrons. The van der Waals surface area contributed by atoms with Crippen molar-refractivity contribution in [3.8, 4) is 5.75 Å². The summed E-state index contributed by atoms with van der Waals surface area (Å²) in [5.41, 5.74) is 7.28. The van der Waals surface area contributed by atoms with E-state index in [1.165, 1.54) is 12.0 Å². The van der Waals surface area contributed by atoms with Crippen LogP contribution < -0.4 is 10.5 Å². The normalized spacial score (nSPS) is 25.2. The van der Waals surface area contributed by atoms with E-state index in [-0.39, 0.29) is 0 Å². The minimum absolute atomic E-state index is 0.296. The minimum atomic E-state index is 0.296. The first-order valence-electron chi connectivity index (χ1n) is 6.21. The first-order valence-corrected chi connectivity index (χ1v) is 6.21. The molecule has 3 atom stereocenters. The van der Waals surface area contributed by atoms with E-state index in [9.17, 15) is 0 Å². The number of para-hydroxylation sites is 1. The van der Waals surface area contributed by atoms with Crippen LogP contribution in [-0.4, -0.2) is 12.6 Å². The standard InChI is InChI=1S/C14H21NO/c1-3-8-16-14-7-5-4-6-11(14)13-9-12(13)10(2)15/h4-7,10,12-13H,3,8-9,15H2,1-2H3. The molecule has 0 heterocycles. The lowest BCUT2D eigenvalue weighted by Crippen LogP contribution is -2.18. The molecule has 2 nitrogen and oxygen atoms in total. The van der Waals surface area contributed by atoms with Gasteiger partial charge in [-0.2, -0.15) is 0 Å². The van der Waals surface area contributed by atoms with E-state index in [4.69, 9.17) is 10.5 Å². The Bertz CT molecular complexity index is 348. The van der Waals surface area contributed by atoms with Crippen molar-refractivity contribution in [2.45, 2.75) is 38.6 Å². The van der Waals surface area contributed by atoms with Crippen molar-refractivity contribution in [1.82, 2.24) is 0 Å². The van der Waals surface area contributed by atoms with Gasteiger partial charge in [0, 0.05) is 6.04 Å². The maximum absolute atomic E-state index is 5.93. The van der Waals surface area contributed by atoms with Crippen molar-refractivity contribution >= 4 is 0 Å². The maximum Gasteiger partial charge on any atom is 0.122 e. The summed E-state index contributed by atoms with van der Waals surface area (Å²) in [4.78, 5) is 0. The molecule has 0 aliphatic heterocycles. The van der Waals surface area contributed by atoms with Crippen molar-refractivity contribution in [2.75, 3.05) is 6.61 Å². The molecule has 0 amide bonds. The van der Waals surface area contributed by atoms with Crippen molar-refractivity contribution in [3.05, 3.63) is 29.8 Å². The van der Waals surface area contributed by atoms with Gasteiger partial charge in [-0.15, -0.1) is 0 Å². The minimum Gasteiger partial charge on any atom is -0.493 e. The molecule has 3 unspecified atom stereocenters. The van der Waals surface area contributed by atoms with Gasteiger partial charge in [0.25, 0.3) is 0 Å². The summed E-state index contributed by atoms with van der Waals surface area (Å²) in [5.74, 6) is 2.32. The summed E-state index contributed by atoms with van der Waals surface area (Å²) in [6.45, 7) is 5.03. The van der Waals surface area contributed by atoms with Crippen LogP contribution in [0.5, 0.6) is 5.75 Å². The predicted octanol–water partition coefficient (Wildman–Crippen LogP) is 2.93. The lowest BCUT2D eigenvalue weighted by Gasteiger charge is -2.11. The first kappa shape index (κ1) is 11.5. The zero-order chi connectivity index (χ0) is 11.5. The van der Waals surface area contributed by atoms with Crippen molar-refractivity contribution < 1.29 is 4.74 Å². The van der Waals surface area contributed by atoms with E-state index in [0.717, 1.165) is 18.8 Å². The Kier molecular flexibility index (Phi) is 3.49. The Hall–Kier alpha value is -1.02. The monoisotopic (exact) mass is 219 g/mol. The van der Waals surface area contributed by atoms with Crippen LogP contribution in [0.15, 0.2) is 24.3 Å². The predicted molar refractivity (Wildman–Crippen MR) is 66.7 cm³/mol. The summed E-state index contributed by atoms with van der Waals surface area (Å²) in [6.07, 6.45) is 2.26. The summed E-state index contributed by atoms with van der Waals surface area (Å²) in [6, 6.07) is 8.67. The quantitative estimate of drug-likeness (QED) is 0.826. The van der Waals surface area contributed by atoms with Gasteiger partial charge in [-0.25, -0.2) is 0 Å². The van der Waals surface area contributed by atoms with Crippen LogP contribution in [-0.2, 0) is 0 Å². The molecular formula is C14H21NO.